The molecule has 4 nitrogen and oxygen atoms in total. The highest BCUT2D eigenvalue weighted by Gasteiger charge is 2.47. The molecule has 1 heterocycles. The van der Waals surface area contributed by atoms with Gasteiger partial charge in [-0.3, -0.25) is 9.59 Å². The first-order valence-electron chi connectivity index (χ1n) is 6.79. The molecule has 2 amide bonds. The molecule has 1 aliphatic heterocycles. The van der Waals surface area contributed by atoms with Gasteiger partial charge in [-0.2, -0.15) is 0 Å². The maximum Gasteiger partial charge on any atom is 0.253 e. The molecular weight excluding hydrogens is 240 g/mol. The van der Waals surface area contributed by atoms with E-state index in [-0.39, 0.29) is 24.4 Å². The number of amides is 2. The summed E-state index contributed by atoms with van der Waals surface area (Å²) in [5, 5.41) is 2.86. The van der Waals surface area contributed by atoms with Crippen LogP contribution in [-0.4, -0.2) is 29.3 Å². The topological polar surface area (TPSA) is 49.4 Å². The molecule has 100 valence electrons. The van der Waals surface area contributed by atoms with Gasteiger partial charge in [0.2, 0.25) is 5.91 Å². The van der Waals surface area contributed by atoms with E-state index in [2.05, 4.69) is 5.32 Å². The van der Waals surface area contributed by atoms with Crippen LogP contribution in [0.1, 0.15) is 31.7 Å². The van der Waals surface area contributed by atoms with Crippen molar-refractivity contribution in [2.75, 3.05) is 6.54 Å². The predicted octanol–water partition coefficient (Wildman–Crippen LogP) is 1.41. The molecular formula is C15H18N2O2. The number of carbonyl (C=O) groups excluding carboxylic acids is 2. The summed E-state index contributed by atoms with van der Waals surface area (Å²) < 4.78 is 0. The molecule has 1 aromatic rings. The highest BCUT2D eigenvalue weighted by atomic mass is 16.2. The molecule has 0 bridgehead atoms. The van der Waals surface area contributed by atoms with Crippen molar-refractivity contribution < 1.29 is 9.59 Å². The molecule has 4 heteroatoms. The van der Waals surface area contributed by atoms with Gasteiger partial charge < -0.3 is 10.2 Å². The maximum atomic E-state index is 12.7. The maximum absolute atomic E-state index is 12.7. The normalized spacial score (nSPS) is 27.9. The number of piperazine rings is 1. The minimum absolute atomic E-state index is 0.0167. The second-order valence-electron chi connectivity index (χ2n) is 5.56. The van der Waals surface area contributed by atoms with E-state index in [4.69, 9.17) is 0 Å². The lowest BCUT2D eigenvalue weighted by Gasteiger charge is -2.46. The van der Waals surface area contributed by atoms with Crippen LogP contribution in [0, 0.1) is 0 Å². The van der Waals surface area contributed by atoms with E-state index in [1.165, 1.54) is 0 Å². The van der Waals surface area contributed by atoms with Gasteiger partial charge in [0.05, 0.1) is 6.54 Å². The van der Waals surface area contributed by atoms with Gasteiger partial charge in [0, 0.05) is 6.04 Å². The van der Waals surface area contributed by atoms with Gasteiger partial charge in [0.15, 0.2) is 0 Å². The van der Waals surface area contributed by atoms with E-state index < -0.39 is 5.54 Å². The van der Waals surface area contributed by atoms with Crippen LogP contribution >= 0.6 is 0 Å². The number of carbonyl (C=O) groups is 2. The first-order chi connectivity index (χ1) is 9.11. The molecule has 1 saturated carbocycles. The Morgan fingerprint density at radius 1 is 1.21 bits per heavy atom. The fraction of sp³-hybridized carbons (Fsp3) is 0.467. The van der Waals surface area contributed by atoms with Crippen LogP contribution in [-0.2, 0) is 15.1 Å². The van der Waals surface area contributed by atoms with Gasteiger partial charge in [-0.1, -0.05) is 30.3 Å². The SMILES string of the molecule is CC1(c2ccccc2)NC(=O)CN(C2CCC2)C1=O. The van der Waals surface area contributed by atoms with Crippen LogP contribution < -0.4 is 5.32 Å². The summed E-state index contributed by atoms with van der Waals surface area (Å²) in [5.74, 6) is -0.0548. The van der Waals surface area contributed by atoms with Crippen LogP contribution in [0.2, 0.25) is 0 Å². The Morgan fingerprint density at radius 2 is 1.89 bits per heavy atom. The lowest BCUT2D eigenvalue weighted by atomic mass is 9.84. The van der Waals surface area contributed by atoms with Crippen LogP contribution in [0.5, 0.6) is 0 Å². The average molecular weight is 258 g/mol. The largest absolute Gasteiger partial charge is 0.337 e. The van der Waals surface area contributed by atoms with Crippen LogP contribution in [0.4, 0.5) is 0 Å². The minimum Gasteiger partial charge on any atom is -0.337 e. The van der Waals surface area contributed by atoms with Gasteiger partial charge in [0.25, 0.3) is 5.91 Å². The Labute approximate surface area is 112 Å². The Hall–Kier alpha value is -1.84. The van der Waals surface area contributed by atoms with Crippen LogP contribution in [0.3, 0.4) is 0 Å². The summed E-state index contributed by atoms with van der Waals surface area (Å²) >= 11 is 0. The second kappa shape index (κ2) is 4.37. The van der Waals surface area contributed by atoms with Crippen molar-refractivity contribution in [3.8, 4) is 0 Å². The van der Waals surface area contributed by atoms with E-state index in [0.29, 0.717) is 0 Å². The van der Waals surface area contributed by atoms with Crippen molar-refractivity contribution in [1.29, 1.82) is 0 Å². The molecule has 2 fully saturated rings. The third-order valence-corrected chi connectivity index (χ3v) is 4.26. The Bertz CT molecular complexity index is 510. The van der Waals surface area contributed by atoms with E-state index >= 15 is 0 Å². The summed E-state index contributed by atoms with van der Waals surface area (Å²) in [6.07, 6.45) is 3.19. The smallest absolute Gasteiger partial charge is 0.253 e. The zero-order valence-corrected chi connectivity index (χ0v) is 11.1. The van der Waals surface area contributed by atoms with Crippen molar-refractivity contribution in [3.05, 3.63) is 35.9 Å². The van der Waals surface area contributed by atoms with Crippen molar-refractivity contribution in [3.63, 3.8) is 0 Å². The van der Waals surface area contributed by atoms with E-state index in [1.807, 2.05) is 30.3 Å². The summed E-state index contributed by atoms with van der Waals surface area (Å²) in [4.78, 5) is 26.4. The molecule has 0 aromatic heterocycles. The van der Waals surface area contributed by atoms with Crippen molar-refractivity contribution in [2.24, 2.45) is 0 Å². The Balaban J connectivity index is 1.95. The van der Waals surface area contributed by atoms with E-state index in [9.17, 15) is 9.59 Å². The highest BCUT2D eigenvalue weighted by molar-refractivity contribution is 5.98. The van der Waals surface area contributed by atoms with Crippen LogP contribution in [0.25, 0.3) is 0 Å². The summed E-state index contributed by atoms with van der Waals surface area (Å²) in [6.45, 7) is 2.00. The first kappa shape index (κ1) is 12.2. The number of nitrogens with zero attached hydrogens (tertiary/aromatic N) is 1. The van der Waals surface area contributed by atoms with Gasteiger partial charge in [0.1, 0.15) is 5.54 Å². The number of rotatable bonds is 2. The van der Waals surface area contributed by atoms with Gasteiger partial charge >= 0.3 is 0 Å². The Morgan fingerprint density at radius 3 is 2.47 bits per heavy atom. The third-order valence-electron chi connectivity index (χ3n) is 4.26. The Kier molecular flexibility index (Phi) is 2.81. The van der Waals surface area contributed by atoms with E-state index in [0.717, 1.165) is 24.8 Å². The first-order valence-corrected chi connectivity index (χ1v) is 6.79. The summed E-state index contributed by atoms with van der Waals surface area (Å²) in [7, 11) is 0. The average Bonchev–Trinajstić information content (AvgIpc) is 2.34. The minimum atomic E-state index is -0.924. The fourth-order valence-electron chi connectivity index (χ4n) is 2.85. The third kappa shape index (κ3) is 1.91. The molecule has 1 aromatic carbocycles. The molecule has 0 spiro atoms. The molecule has 0 radical (unpaired) electrons. The lowest BCUT2D eigenvalue weighted by molar-refractivity contribution is -0.153. The predicted molar refractivity (Wildman–Crippen MR) is 71.3 cm³/mol. The number of nitrogens with one attached hydrogen (secondary N) is 1. The molecule has 2 aliphatic rings. The van der Waals surface area contributed by atoms with Gasteiger partial charge in [-0.05, 0) is 31.7 Å². The highest BCUT2D eigenvalue weighted by Crippen LogP contribution is 2.32. The fourth-order valence-corrected chi connectivity index (χ4v) is 2.85. The monoisotopic (exact) mass is 258 g/mol. The van der Waals surface area contributed by atoms with Gasteiger partial charge in [-0.15, -0.1) is 0 Å². The van der Waals surface area contributed by atoms with Crippen molar-refractivity contribution >= 4 is 11.8 Å². The van der Waals surface area contributed by atoms with Crippen LogP contribution in [0.15, 0.2) is 30.3 Å². The second-order valence-corrected chi connectivity index (χ2v) is 5.56. The molecule has 1 atom stereocenters. The standard InChI is InChI=1S/C15H18N2O2/c1-15(11-6-3-2-4-7-11)14(19)17(10-13(18)16-15)12-8-5-9-12/h2-4,6-7,12H,5,8-10H2,1H3,(H,16,18). The quantitative estimate of drug-likeness (QED) is 0.872. The molecule has 1 N–H and O–H groups in total. The number of benzene rings is 1. The molecule has 3 rings (SSSR count). The number of hydrogen-bond acceptors (Lipinski definition) is 2. The molecule has 1 saturated heterocycles. The molecule has 19 heavy (non-hydrogen) atoms. The zero-order chi connectivity index (χ0) is 13.5. The molecule has 1 aliphatic carbocycles. The van der Waals surface area contributed by atoms with E-state index in [1.54, 1.807) is 11.8 Å². The lowest BCUT2D eigenvalue weighted by Crippen LogP contribution is -2.66. The van der Waals surface area contributed by atoms with Crippen molar-refractivity contribution in [2.45, 2.75) is 37.8 Å². The molecule has 1 unspecified atom stereocenters. The van der Waals surface area contributed by atoms with Crippen molar-refractivity contribution in [1.82, 2.24) is 10.2 Å². The zero-order valence-electron chi connectivity index (χ0n) is 11.1. The summed E-state index contributed by atoms with van der Waals surface area (Å²) in [5.41, 5.74) is -0.0796. The summed E-state index contributed by atoms with van der Waals surface area (Å²) in [6, 6.07) is 9.72. The number of hydrogen-bond donors (Lipinski definition) is 1. The van der Waals surface area contributed by atoms with Gasteiger partial charge in [-0.25, -0.2) is 0 Å².